The second-order valence-electron chi connectivity index (χ2n) is 6.46. The van der Waals surface area contributed by atoms with Crippen LogP contribution >= 0.6 is 0 Å². The minimum Gasteiger partial charge on any atom is -0.380 e. The van der Waals surface area contributed by atoms with Gasteiger partial charge in [-0.25, -0.2) is 4.98 Å². The molecule has 2 heterocycles. The number of H-pyrrole nitrogens is 1. The molecule has 1 fully saturated rings. The molecule has 8 nitrogen and oxygen atoms in total. The zero-order valence-corrected chi connectivity index (χ0v) is 15.9. The largest absolute Gasteiger partial charge is 0.380 e. The Morgan fingerprint density at radius 3 is 2.59 bits per heavy atom. The lowest BCUT2D eigenvalue weighted by Crippen LogP contribution is -2.38. The highest BCUT2D eigenvalue weighted by molar-refractivity contribution is 5.90. The minimum absolute atomic E-state index is 0.179. The first-order chi connectivity index (χ1) is 13.1. The van der Waals surface area contributed by atoms with Crippen molar-refractivity contribution in [2.45, 2.75) is 26.4 Å². The van der Waals surface area contributed by atoms with Gasteiger partial charge in [0.2, 0.25) is 12.2 Å². The van der Waals surface area contributed by atoms with Gasteiger partial charge in [-0.3, -0.25) is 14.7 Å². The minimum atomic E-state index is -0.253. The summed E-state index contributed by atoms with van der Waals surface area (Å²) in [6.07, 6.45) is 2.73. The molecule has 1 aromatic carbocycles. The number of carbonyl (C=O) groups is 2. The molecule has 0 unspecified atom stereocenters. The van der Waals surface area contributed by atoms with E-state index in [2.05, 4.69) is 20.5 Å². The van der Waals surface area contributed by atoms with Gasteiger partial charge in [-0.2, -0.15) is 0 Å². The van der Waals surface area contributed by atoms with Gasteiger partial charge in [-0.1, -0.05) is 30.3 Å². The van der Waals surface area contributed by atoms with Crippen LogP contribution in [0.15, 0.2) is 30.3 Å². The standard InChI is InChI=1S/C11H17N5O2.C8H10O/c1-8-13-10(15-14-8)11(18)12-6-9-2-4-16(7-17)5-3-9;1-9-7-8-5-3-2-4-6-8/h7,9H,2-6H2,1H3,(H,12,18)(H,13,14,15);2-6H,7H2,1H3. The Balaban J connectivity index is 0.000000244. The number of nitrogens with one attached hydrogen (secondary N) is 2. The first kappa shape index (κ1) is 20.6. The van der Waals surface area contributed by atoms with Gasteiger partial charge in [0, 0.05) is 26.7 Å². The fourth-order valence-electron chi connectivity index (χ4n) is 2.76. The molecular weight excluding hydrogens is 346 g/mol. The molecule has 2 amide bonds. The van der Waals surface area contributed by atoms with Gasteiger partial charge in [0.15, 0.2) is 0 Å². The molecule has 2 aromatic rings. The van der Waals surface area contributed by atoms with Crippen LogP contribution in [0.2, 0.25) is 0 Å². The van der Waals surface area contributed by atoms with Gasteiger partial charge >= 0.3 is 0 Å². The summed E-state index contributed by atoms with van der Waals surface area (Å²) in [4.78, 5) is 28.0. The molecule has 8 heteroatoms. The van der Waals surface area contributed by atoms with Crippen molar-refractivity contribution in [2.75, 3.05) is 26.7 Å². The van der Waals surface area contributed by atoms with E-state index >= 15 is 0 Å². The predicted octanol–water partition coefficient (Wildman–Crippen LogP) is 1.54. The number of amides is 2. The molecule has 1 aliphatic heterocycles. The van der Waals surface area contributed by atoms with Crippen LogP contribution in [-0.2, 0) is 16.1 Å². The normalized spacial score (nSPS) is 14.2. The number of hydrogen-bond donors (Lipinski definition) is 2. The van der Waals surface area contributed by atoms with Crippen LogP contribution in [0.5, 0.6) is 0 Å². The SMILES string of the molecule is COCc1ccccc1.Cc1nc(C(=O)NCC2CCN(C=O)CC2)n[nH]1. The summed E-state index contributed by atoms with van der Waals surface area (Å²) in [5.41, 5.74) is 1.22. The number of ether oxygens (including phenoxy) is 1. The van der Waals surface area contributed by atoms with Crippen molar-refractivity contribution in [3.05, 3.63) is 47.5 Å². The second kappa shape index (κ2) is 11.1. The zero-order chi connectivity index (χ0) is 19.5. The van der Waals surface area contributed by atoms with E-state index in [-0.39, 0.29) is 11.7 Å². The number of piperidine rings is 1. The first-order valence-electron chi connectivity index (χ1n) is 9.01. The van der Waals surface area contributed by atoms with Crippen molar-refractivity contribution >= 4 is 12.3 Å². The van der Waals surface area contributed by atoms with Crippen molar-refractivity contribution in [1.82, 2.24) is 25.4 Å². The number of rotatable bonds is 6. The number of nitrogens with zero attached hydrogens (tertiary/aromatic N) is 3. The molecule has 1 aromatic heterocycles. The number of aryl methyl sites for hydroxylation is 1. The van der Waals surface area contributed by atoms with Crippen LogP contribution in [-0.4, -0.2) is 59.1 Å². The number of benzene rings is 1. The monoisotopic (exact) mass is 373 g/mol. The van der Waals surface area contributed by atoms with E-state index in [9.17, 15) is 9.59 Å². The van der Waals surface area contributed by atoms with E-state index in [4.69, 9.17) is 4.74 Å². The molecule has 0 aliphatic carbocycles. The lowest BCUT2D eigenvalue weighted by Gasteiger charge is -2.29. The number of hydrogen-bond acceptors (Lipinski definition) is 5. The molecule has 146 valence electrons. The molecule has 0 saturated carbocycles. The maximum Gasteiger partial charge on any atom is 0.290 e. The third-order valence-corrected chi connectivity index (χ3v) is 4.30. The molecule has 0 radical (unpaired) electrons. The van der Waals surface area contributed by atoms with Crippen LogP contribution in [0.4, 0.5) is 0 Å². The quantitative estimate of drug-likeness (QED) is 0.748. The molecule has 0 atom stereocenters. The van der Waals surface area contributed by atoms with Crippen LogP contribution in [0.25, 0.3) is 0 Å². The molecular formula is C19H27N5O3. The van der Waals surface area contributed by atoms with Crippen molar-refractivity contribution in [3.63, 3.8) is 0 Å². The third kappa shape index (κ3) is 7.18. The highest BCUT2D eigenvalue weighted by Crippen LogP contribution is 2.14. The molecule has 0 spiro atoms. The van der Waals surface area contributed by atoms with Crippen LogP contribution in [0, 0.1) is 12.8 Å². The smallest absolute Gasteiger partial charge is 0.290 e. The highest BCUT2D eigenvalue weighted by atomic mass is 16.5. The van der Waals surface area contributed by atoms with Gasteiger partial charge in [0.1, 0.15) is 5.82 Å². The molecule has 3 rings (SSSR count). The Labute approximate surface area is 159 Å². The zero-order valence-electron chi connectivity index (χ0n) is 15.9. The Bertz CT molecular complexity index is 696. The predicted molar refractivity (Wildman–Crippen MR) is 101 cm³/mol. The van der Waals surface area contributed by atoms with Crippen molar-refractivity contribution in [1.29, 1.82) is 0 Å². The topological polar surface area (TPSA) is 100 Å². The summed E-state index contributed by atoms with van der Waals surface area (Å²) < 4.78 is 4.93. The van der Waals surface area contributed by atoms with E-state index in [1.165, 1.54) is 5.56 Å². The Morgan fingerprint density at radius 1 is 1.33 bits per heavy atom. The second-order valence-corrected chi connectivity index (χ2v) is 6.46. The van der Waals surface area contributed by atoms with E-state index in [1.54, 1.807) is 18.9 Å². The van der Waals surface area contributed by atoms with E-state index in [1.807, 2.05) is 30.3 Å². The van der Waals surface area contributed by atoms with Gasteiger partial charge in [0.25, 0.3) is 5.91 Å². The number of carbonyl (C=O) groups excluding carboxylic acids is 2. The molecule has 1 aliphatic rings. The summed E-state index contributed by atoms with van der Waals surface area (Å²) in [6, 6.07) is 10.1. The number of aromatic amines is 1. The third-order valence-electron chi connectivity index (χ3n) is 4.30. The van der Waals surface area contributed by atoms with Crippen molar-refractivity contribution in [3.8, 4) is 0 Å². The van der Waals surface area contributed by atoms with Crippen LogP contribution < -0.4 is 5.32 Å². The van der Waals surface area contributed by atoms with Gasteiger partial charge in [0.05, 0.1) is 6.61 Å². The lowest BCUT2D eigenvalue weighted by atomic mass is 9.97. The number of likely N-dealkylation sites (tertiary alicyclic amines) is 1. The van der Waals surface area contributed by atoms with Gasteiger partial charge in [-0.15, -0.1) is 5.10 Å². The van der Waals surface area contributed by atoms with E-state index < -0.39 is 0 Å². The van der Waals surface area contributed by atoms with E-state index in [0.717, 1.165) is 32.3 Å². The molecule has 0 bridgehead atoms. The van der Waals surface area contributed by atoms with Crippen LogP contribution in [0.1, 0.15) is 34.8 Å². The average molecular weight is 373 g/mol. The summed E-state index contributed by atoms with van der Waals surface area (Å²) in [7, 11) is 1.70. The van der Waals surface area contributed by atoms with Crippen molar-refractivity contribution < 1.29 is 14.3 Å². The van der Waals surface area contributed by atoms with Crippen molar-refractivity contribution in [2.24, 2.45) is 5.92 Å². The molecule has 1 saturated heterocycles. The summed E-state index contributed by atoms with van der Waals surface area (Å²) >= 11 is 0. The first-order valence-corrected chi connectivity index (χ1v) is 9.01. The fourth-order valence-corrected chi connectivity index (χ4v) is 2.76. The summed E-state index contributed by atoms with van der Waals surface area (Å²) in [6.45, 7) is 4.60. The van der Waals surface area contributed by atoms with E-state index in [0.29, 0.717) is 24.9 Å². The molecule has 2 N–H and O–H groups in total. The maximum atomic E-state index is 11.7. The average Bonchev–Trinajstić information content (AvgIpc) is 3.14. The number of methoxy groups -OCH3 is 1. The lowest BCUT2D eigenvalue weighted by molar-refractivity contribution is -0.119. The fraction of sp³-hybridized carbons (Fsp3) is 0.474. The number of aromatic nitrogens is 3. The van der Waals surface area contributed by atoms with Gasteiger partial charge in [-0.05, 0) is 31.2 Å². The Kier molecular flexibility index (Phi) is 8.44. The molecule has 27 heavy (non-hydrogen) atoms. The summed E-state index contributed by atoms with van der Waals surface area (Å²) in [5, 5.41) is 9.26. The Hall–Kier alpha value is -2.74. The van der Waals surface area contributed by atoms with Crippen LogP contribution in [0.3, 0.4) is 0 Å². The van der Waals surface area contributed by atoms with Gasteiger partial charge < -0.3 is 15.0 Å². The summed E-state index contributed by atoms with van der Waals surface area (Å²) in [5.74, 6) is 0.972. The highest BCUT2D eigenvalue weighted by Gasteiger charge is 2.19. The maximum absolute atomic E-state index is 11.7. The Morgan fingerprint density at radius 2 is 2.04 bits per heavy atom.